The predicted octanol–water partition coefficient (Wildman–Crippen LogP) is 3.53. The first kappa shape index (κ1) is 19.0. The molecule has 0 heterocycles. The number of benzene rings is 3. The van der Waals surface area contributed by atoms with Gasteiger partial charge in [0, 0.05) is 12.0 Å². The molecule has 0 saturated heterocycles. The molecule has 1 unspecified atom stereocenters. The van der Waals surface area contributed by atoms with E-state index < -0.39 is 0 Å². The molecule has 3 aromatic rings. The summed E-state index contributed by atoms with van der Waals surface area (Å²) < 4.78 is 11.5. The van der Waals surface area contributed by atoms with Crippen molar-refractivity contribution >= 4 is 0 Å². The summed E-state index contributed by atoms with van der Waals surface area (Å²) in [6.45, 7) is 2.60. The molecule has 3 nitrogen and oxygen atoms in total. The van der Waals surface area contributed by atoms with Gasteiger partial charge in [-0.15, -0.1) is 0 Å². The second kappa shape index (κ2) is 9.79. The summed E-state index contributed by atoms with van der Waals surface area (Å²) in [5, 5.41) is 0. The summed E-state index contributed by atoms with van der Waals surface area (Å²) in [7, 11) is 3.93. The number of ether oxygens (including phenoxy) is 2. The second-order valence-electron chi connectivity index (χ2n) is 6.88. The lowest BCUT2D eigenvalue weighted by Crippen LogP contribution is -3.07. The quantitative estimate of drug-likeness (QED) is 0.629. The first-order valence-corrected chi connectivity index (χ1v) is 9.43. The highest BCUT2D eigenvalue weighted by Gasteiger charge is 2.10. The zero-order valence-electron chi connectivity index (χ0n) is 16.2. The molecule has 0 aliphatic heterocycles. The summed E-state index contributed by atoms with van der Waals surface area (Å²) in [4.78, 5) is 1.47. The Labute approximate surface area is 162 Å². The van der Waals surface area contributed by atoms with Crippen molar-refractivity contribution in [2.45, 2.75) is 19.6 Å². The van der Waals surface area contributed by atoms with Crippen LogP contribution < -0.4 is 14.4 Å². The third kappa shape index (κ3) is 5.87. The smallest absolute Gasteiger partial charge is 0.161 e. The van der Waals surface area contributed by atoms with Crippen LogP contribution in [-0.4, -0.2) is 20.7 Å². The molecule has 0 bridgehead atoms. The Morgan fingerprint density at radius 1 is 0.741 bits per heavy atom. The van der Waals surface area contributed by atoms with Crippen LogP contribution in [0.3, 0.4) is 0 Å². The van der Waals surface area contributed by atoms with Gasteiger partial charge in [-0.05, 0) is 29.3 Å². The van der Waals surface area contributed by atoms with Crippen molar-refractivity contribution in [2.75, 3.05) is 20.7 Å². The van der Waals surface area contributed by atoms with Crippen LogP contribution in [0, 0.1) is 0 Å². The van der Waals surface area contributed by atoms with E-state index in [1.54, 1.807) is 7.11 Å². The maximum absolute atomic E-state index is 5.95. The highest BCUT2D eigenvalue weighted by atomic mass is 16.5. The molecule has 0 aromatic heterocycles. The van der Waals surface area contributed by atoms with Gasteiger partial charge < -0.3 is 14.4 Å². The first-order valence-electron chi connectivity index (χ1n) is 9.43. The van der Waals surface area contributed by atoms with Crippen LogP contribution in [0.4, 0.5) is 0 Å². The average molecular weight is 362 g/mol. The number of rotatable bonds is 9. The highest BCUT2D eigenvalue weighted by Crippen LogP contribution is 2.28. The summed E-state index contributed by atoms with van der Waals surface area (Å²) >= 11 is 0. The SMILES string of the molecule is COc1cc(C[NH+](C)CCc2ccccc2)ccc1OCc1ccccc1. The minimum atomic E-state index is 0.540. The summed E-state index contributed by atoms with van der Waals surface area (Å²) in [6, 6.07) is 27.1. The molecule has 27 heavy (non-hydrogen) atoms. The molecule has 1 atom stereocenters. The minimum Gasteiger partial charge on any atom is -0.493 e. The molecule has 0 spiro atoms. The minimum absolute atomic E-state index is 0.540. The standard InChI is InChI=1S/C24H27NO2/c1-25(16-15-20-9-5-3-6-10-20)18-22-13-14-23(24(17-22)26-2)27-19-21-11-7-4-8-12-21/h3-14,17H,15-16,18-19H2,1-2H3/p+1. The largest absolute Gasteiger partial charge is 0.493 e. The zero-order chi connectivity index (χ0) is 18.9. The van der Waals surface area contributed by atoms with Gasteiger partial charge in [0.1, 0.15) is 13.2 Å². The van der Waals surface area contributed by atoms with E-state index in [9.17, 15) is 0 Å². The van der Waals surface area contributed by atoms with Gasteiger partial charge in [-0.1, -0.05) is 60.7 Å². The Bertz CT molecular complexity index is 818. The van der Waals surface area contributed by atoms with Crippen molar-refractivity contribution < 1.29 is 14.4 Å². The lowest BCUT2D eigenvalue weighted by molar-refractivity contribution is -0.893. The van der Waals surface area contributed by atoms with Gasteiger partial charge in [-0.25, -0.2) is 0 Å². The lowest BCUT2D eigenvalue weighted by Gasteiger charge is -2.16. The van der Waals surface area contributed by atoms with E-state index >= 15 is 0 Å². The van der Waals surface area contributed by atoms with E-state index in [1.807, 2.05) is 24.3 Å². The topological polar surface area (TPSA) is 22.9 Å². The van der Waals surface area contributed by atoms with Gasteiger partial charge in [0.05, 0.1) is 20.7 Å². The van der Waals surface area contributed by atoms with Crippen molar-refractivity contribution in [3.8, 4) is 11.5 Å². The fraction of sp³-hybridized carbons (Fsp3) is 0.250. The molecule has 0 aliphatic rings. The molecule has 0 fully saturated rings. The zero-order valence-corrected chi connectivity index (χ0v) is 16.2. The van der Waals surface area contributed by atoms with Crippen molar-refractivity contribution in [1.82, 2.24) is 0 Å². The fourth-order valence-corrected chi connectivity index (χ4v) is 3.12. The fourth-order valence-electron chi connectivity index (χ4n) is 3.12. The van der Waals surface area contributed by atoms with E-state index in [-0.39, 0.29) is 0 Å². The van der Waals surface area contributed by atoms with Crippen LogP contribution in [0.2, 0.25) is 0 Å². The highest BCUT2D eigenvalue weighted by molar-refractivity contribution is 5.42. The third-order valence-corrected chi connectivity index (χ3v) is 4.65. The van der Waals surface area contributed by atoms with Gasteiger partial charge in [-0.3, -0.25) is 0 Å². The maximum atomic E-state index is 5.95. The Hall–Kier alpha value is -2.78. The van der Waals surface area contributed by atoms with Crippen LogP contribution in [0.1, 0.15) is 16.7 Å². The van der Waals surface area contributed by atoms with Gasteiger partial charge in [0.2, 0.25) is 0 Å². The molecule has 0 amide bonds. The van der Waals surface area contributed by atoms with E-state index in [0.717, 1.165) is 36.6 Å². The molecule has 3 aromatic carbocycles. The number of nitrogens with one attached hydrogen (secondary N) is 1. The number of likely N-dealkylation sites (N-methyl/N-ethyl adjacent to an activating group) is 1. The van der Waals surface area contributed by atoms with Gasteiger partial charge >= 0.3 is 0 Å². The lowest BCUT2D eigenvalue weighted by atomic mass is 10.1. The van der Waals surface area contributed by atoms with E-state index in [4.69, 9.17) is 9.47 Å². The van der Waals surface area contributed by atoms with Crippen molar-refractivity contribution in [2.24, 2.45) is 0 Å². The predicted molar refractivity (Wildman–Crippen MR) is 109 cm³/mol. The van der Waals surface area contributed by atoms with Crippen LogP contribution >= 0.6 is 0 Å². The number of quaternary nitrogens is 1. The van der Waals surface area contributed by atoms with E-state index in [1.165, 1.54) is 16.0 Å². The molecule has 0 aliphatic carbocycles. The average Bonchev–Trinajstić information content (AvgIpc) is 2.72. The summed E-state index contributed by atoms with van der Waals surface area (Å²) in [5.41, 5.74) is 3.79. The number of methoxy groups -OCH3 is 1. The number of hydrogen-bond donors (Lipinski definition) is 1. The van der Waals surface area contributed by atoms with Gasteiger partial charge in [0.15, 0.2) is 11.5 Å². The molecular formula is C24H28NO2+. The molecule has 0 saturated carbocycles. The Balaban J connectivity index is 1.56. The van der Waals surface area contributed by atoms with Gasteiger partial charge in [0.25, 0.3) is 0 Å². The number of hydrogen-bond acceptors (Lipinski definition) is 2. The first-order chi connectivity index (χ1) is 13.2. The molecule has 3 heteroatoms. The molecule has 0 radical (unpaired) electrons. The maximum Gasteiger partial charge on any atom is 0.161 e. The second-order valence-corrected chi connectivity index (χ2v) is 6.88. The summed E-state index contributed by atoms with van der Waals surface area (Å²) in [5.74, 6) is 1.58. The normalized spacial score (nSPS) is 11.8. The molecule has 140 valence electrons. The van der Waals surface area contributed by atoms with Crippen LogP contribution in [-0.2, 0) is 19.6 Å². The van der Waals surface area contributed by atoms with Crippen molar-refractivity contribution in [3.63, 3.8) is 0 Å². The van der Waals surface area contributed by atoms with Crippen molar-refractivity contribution in [3.05, 3.63) is 95.6 Å². The van der Waals surface area contributed by atoms with Crippen LogP contribution in [0.5, 0.6) is 11.5 Å². The Kier molecular flexibility index (Phi) is 6.89. The van der Waals surface area contributed by atoms with E-state index in [0.29, 0.717) is 6.61 Å². The van der Waals surface area contributed by atoms with Crippen LogP contribution in [0.15, 0.2) is 78.9 Å². The monoisotopic (exact) mass is 362 g/mol. The molecule has 1 N–H and O–H groups in total. The van der Waals surface area contributed by atoms with Gasteiger partial charge in [-0.2, -0.15) is 0 Å². The molecular weight excluding hydrogens is 334 g/mol. The third-order valence-electron chi connectivity index (χ3n) is 4.65. The van der Waals surface area contributed by atoms with E-state index in [2.05, 4.69) is 61.6 Å². The Morgan fingerprint density at radius 3 is 2.07 bits per heavy atom. The Morgan fingerprint density at radius 2 is 1.41 bits per heavy atom. The summed E-state index contributed by atoms with van der Waals surface area (Å²) in [6.07, 6.45) is 1.09. The van der Waals surface area contributed by atoms with Crippen LogP contribution in [0.25, 0.3) is 0 Å². The van der Waals surface area contributed by atoms with Crippen molar-refractivity contribution in [1.29, 1.82) is 0 Å². The molecule has 3 rings (SSSR count).